The van der Waals surface area contributed by atoms with E-state index in [-0.39, 0.29) is 0 Å². The van der Waals surface area contributed by atoms with E-state index >= 15 is 0 Å². The third-order valence-electron chi connectivity index (χ3n) is 6.12. The molecule has 6 heteroatoms. The van der Waals surface area contributed by atoms with Gasteiger partial charge in [0.2, 0.25) is 0 Å². The largest absolute Gasteiger partial charge is 0.348 e. The maximum atomic E-state index is 12.5. The number of likely N-dealkylation sites (tertiary alicyclic amines) is 1. The number of amides is 2. The molecule has 0 aliphatic carbocycles. The molecule has 1 saturated heterocycles. The summed E-state index contributed by atoms with van der Waals surface area (Å²) in [5.74, 6) is -0.820. The standard InChI is InChI=1S/C26H30N4O2/c1-19-17-24(22-9-5-6-10-23(22)28-19)29-26(32)25(31)27-18-21-12-15-30(16-13-21)14-11-20-7-3-2-4-8-20/h2-10,17,21H,11-16,18H2,1H3,(H,27,31)(H,28,29,32). The van der Waals surface area contributed by atoms with Crippen molar-refractivity contribution in [3.05, 3.63) is 71.9 Å². The average molecular weight is 431 g/mol. The predicted molar refractivity (Wildman–Crippen MR) is 127 cm³/mol. The zero-order valence-corrected chi connectivity index (χ0v) is 18.5. The van der Waals surface area contributed by atoms with Gasteiger partial charge in [0.15, 0.2) is 0 Å². The number of benzene rings is 2. The molecule has 2 amide bonds. The summed E-state index contributed by atoms with van der Waals surface area (Å²) in [5, 5.41) is 6.40. The van der Waals surface area contributed by atoms with Gasteiger partial charge in [0.25, 0.3) is 0 Å². The molecular formula is C26H30N4O2. The van der Waals surface area contributed by atoms with Crippen molar-refractivity contribution in [1.82, 2.24) is 15.2 Å². The number of nitrogens with one attached hydrogen (secondary N) is 2. The summed E-state index contributed by atoms with van der Waals surface area (Å²) in [7, 11) is 0. The first kappa shape index (κ1) is 22.0. The molecule has 6 nitrogen and oxygen atoms in total. The van der Waals surface area contributed by atoms with Crippen LogP contribution in [-0.2, 0) is 16.0 Å². The number of carbonyl (C=O) groups excluding carboxylic acids is 2. The topological polar surface area (TPSA) is 74.3 Å². The maximum absolute atomic E-state index is 12.5. The minimum Gasteiger partial charge on any atom is -0.348 e. The first-order chi connectivity index (χ1) is 15.6. The Balaban J connectivity index is 1.22. The second kappa shape index (κ2) is 10.4. The first-order valence-corrected chi connectivity index (χ1v) is 11.3. The van der Waals surface area contributed by atoms with E-state index in [0.717, 1.165) is 55.5 Å². The summed E-state index contributed by atoms with van der Waals surface area (Å²) < 4.78 is 0. The molecule has 2 heterocycles. The van der Waals surface area contributed by atoms with Crippen molar-refractivity contribution in [2.24, 2.45) is 5.92 Å². The summed E-state index contributed by atoms with van der Waals surface area (Å²) in [6.07, 6.45) is 3.13. The number of hydrogen-bond acceptors (Lipinski definition) is 4. The van der Waals surface area contributed by atoms with E-state index in [1.54, 1.807) is 6.07 Å². The number of nitrogens with zero attached hydrogens (tertiary/aromatic N) is 2. The number of hydrogen-bond donors (Lipinski definition) is 2. The highest BCUT2D eigenvalue weighted by molar-refractivity contribution is 6.40. The third kappa shape index (κ3) is 5.71. The summed E-state index contributed by atoms with van der Waals surface area (Å²) >= 11 is 0. The van der Waals surface area contributed by atoms with Crippen molar-refractivity contribution in [2.75, 3.05) is 31.5 Å². The van der Waals surface area contributed by atoms with Crippen LogP contribution in [0.2, 0.25) is 0 Å². The molecule has 1 aliphatic heterocycles. The van der Waals surface area contributed by atoms with Gasteiger partial charge in [-0.25, -0.2) is 0 Å². The van der Waals surface area contributed by atoms with Gasteiger partial charge in [0.05, 0.1) is 11.2 Å². The summed E-state index contributed by atoms with van der Waals surface area (Å²) in [4.78, 5) is 31.8. The Hall–Kier alpha value is -3.25. The molecule has 3 aromatic rings. The lowest BCUT2D eigenvalue weighted by molar-refractivity contribution is -0.136. The fourth-order valence-electron chi connectivity index (χ4n) is 4.25. The summed E-state index contributed by atoms with van der Waals surface area (Å²) in [6.45, 7) is 5.53. The van der Waals surface area contributed by atoms with Gasteiger partial charge in [-0.2, -0.15) is 0 Å². The van der Waals surface area contributed by atoms with Gasteiger partial charge >= 0.3 is 11.8 Å². The van der Waals surface area contributed by atoms with Crippen molar-refractivity contribution in [3.63, 3.8) is 0 Å². The molecule has 32 heavy (non-hydrogen) atoms. The molecule has 0 atom stereocenters. The highest BCUT2D eigenvalue weighted by atomic mass is 16.2. The quantitative estimate of drug-likeness (QED) is 0.587. The number of pyridine rings is 1. The number of carbonyl (C=O) groups is 2. The molecule has 0 bridgehead atoms. The lowest BCUT2D eigenvalue weighted by Gasteiger charge is -2.32. The van der Waals surface area contributed by atoms with Crippen LogP contribution in [0.15, 0.2) is 60.7 Å². The van der Waals surface area contributed by atoms with E-state index in [1.807, 2.05) is 37.3 Å². The molecule has 0 spiro atoms. The SMILES string of the molecule is Cc1cc(NC(=O)C(=O)NCC2CCN(CCc3ccccc3)CC2)c2ccccc2n1. The molecule has 1 fully saturated rings. The van der Waals surface area contributed by atoms with Gasteiger partial charge in [0.1, 0.15) is 0 Å². The zero-order chi connectivity index (χ0) is 22.3. The van der Waals surface area contributed by atoms with Crippen molar-refractivity contribution in [1.29, 1.82) is 0 Å². The monoisotopic (exact) mass is 430 g/mol. The average Bonchev–Trinajstić information content (AvgIpc) is 2.82. The van der Waals surface area contributed by atoms with Gasteiger partial charge in [-0.3, -0.25) is 14.6 Å². The lowest BCUT2D eigenvalue weighted by Crippen LogP contribution is -2.42. The molecule has 1 aliphatic rings. The molecule has 166 valence electrons. The van der Waals surface area contributed by atoms with Crippen LogP contribution < -0.4 is 10.6 Å². The van der Waals surface area contributed by atoms with Crippen LogP contribution in [0, 0.1) is 12.8 Å². The van der Waals surface area contributed by atoms with Crippen LogP contribution in [0.3, 0.4) is 0 Å². The molecule has 0 radical (unpaired) electrons. The minimum atomic E-state index is -0.638. The van der Waals surface area contributed by atoms with Crippen LogP contribution in [-0.4, -0.2) is 47.9 Å². The van der Waals surface area contributed by atoms with Crippen LogP contribution in [0.5, 0.6) is 0 Å². The van der Waals surface area contributed by atoms with Gasteiger partial charge in [-0.1, -0.05) is 48.5 Å². The Kier molecular flexibility index (Phi) is 7.12. The normalized spacial score (nSPS) is 14.9. The van der Waals surface area contributed by atoms with E-state index in [2.05, 4.69) is 44.8 Å². The van der Waals surface area contributed by atoms with E-state index in [9.17, 15) is 9.59 Å². The fourth-order valence-corrected chi connectivity index (χ4v) is 4.25. The third-order valence-corrected chi connectivity index (χ3v) is 6.12. The maximum Gasteiger partial charge on any atom is 0.313 e. The number of aromatic nitrogens is 1. The molecule has 0 unspecified atom stereocenters. The van der Waals surface area contributed by atoms with E-state index < -0.39 is 11.8 Å². The molecule has 2 N–H and O–H groups in total. The Morgan fingerprint density at radius 2 is 1.72 bits per heavy atom. The predicted octanol–water partition coefficient (Wildman–Crippen LogP) is 3.55. The molecule has 0 saturated carbocycles. The summed E-state index contributed by atoms with van der Waals surface area (Å²) in [5.41, 5.74) is 3.56. The van der Waals surface area contributed by atoms with Crippen molar-refractivity contribution in [2.45, 2.75) is 26.2 Å². The van der Waals surface area contributed by atoms with E-state index in [1.165, 1.54) is 5.56 Å². The Labute approximate surface area is 189 Å². The number of para-hydroxylation sites is 1. The number of anilines is 1. The van der Waals surface area contributed by atoms with Gasteiger partial charge in [-0.05, 0) is 62.9 Å². The number of aryl methyl sites for hydroxylation is 1. The number of piperidine rings is 1. The van der Waals surface area contributed by atoms with Crippen molar-refractivity contribution >= 4 is 28.4 Å². The molecule has 1 aromatic heterocycles. The second-order valence-corrected chi connectivity index (χ2v) is 8.51. The second-order valence-electron chi connectivity index (χ2n) is 8.51. The molecular weight excluding hydrogens is 400 g/mol. The van der Waals surface area contributed by atoms with Crippen LogP contribution in [0.1, 0.15) is 24.1 Å². The molecule has 2 aromatic carbocycles. The Bertz CT molecular complexity index is 1080. The first-order valence-electron chi connectivity index (χ1n) is 11.3. The number of fused-ring (bicyclic) bond motifs is 1. The number of rotatable bonds is 6. The smallest absolute Gasteiger partial charge is 0.313 e. The van der Waals surface area contributed by atoms with E-state index in [4.69, 9.17) is 0 Å². The van der Waals surface area contributed by atoms with Crippen molar-refractivity contribution < 1.29 is 9.59 Å². The summed E-state index contributed by atoms with van der Waals surface area (Å²) in [6, 6.07) is 19.9. The lowest BCUT2D eigenvalue weighted by atomic mass is 9.96. The van der Waals surface area contributed by atoms with Crippen LogP contribution in [0.25, 0.3) is 10.9 Å². The highest BCUT2D eigenvalue weighted by Crippen LogP contribution is 2.23. The highest BCUT2D eigenvalue weighted by Gasteiger charge is 2.21. The zero-order valence-electron chi connectivity index (χ0n) is 18.5. The Morgan fingerprint density at radius 3 is 2.50 bits per heavy atom. The Morgan fingerprint density at radius 1 is 1.00 bits per heavy atom. The minimum absolute atomic E-state index is 0.406. The van der Waals surface area contributed by atoms with Gasteiger partial charge in [-0.15, -0.1) is 0 Å². The van der Waals surface area contributed by atoms with E-state index in [0.29, 0.717) is 18.2 Å². The van der Waals surface area contributed by atoms with Crippen LogP contribution >= 0.6 is 0 Å². The van der Waals surface area contributed by atoms with Crippen molar-refractivity contribution in [3.8, 4) is 0 Å². The van der Waals surface area contributed by atoms with Gasteiger partial charge < -0.3 is 15.5 Å². The van der Waals surface area contributed by atoms with Crippen LogP contribution in [0.4, 0.5) is 5.69 Å². The fraction of sp³-hybridized carbons (Fsp3) is 0.346. The molecule has 4 rings (SSSR count). The van der Waals surface area contributed by atoms with Gasteiger partial charge in [0, 0.05) is 24.2 Å².